The van der Waals surface area contributed by atoms with Crippen LogP contribution in [-0.2, 0) is 12.8 Å². The number of nitrogens with zero attached hydrogens (tertiary/aromatic N) is 5. The topological polar surface area (TPSA) is 68.0 Å². The molecule has 0 aliphatic rings. The van der Waals surface area contributed by atoms with Crippen molar-refractivity contribution in [3.8, 4) is 0 Å². The highest BCUT2D eigenvalue weighted by Crippen LogP contribution is 2.18. The second kappa shape index (κ2) is 6.94. The summed E-state index contributed by atoms with van der Waals surface area (Å²) in [5.41, 5.74) is 1.86. The summed E-state index contributed by atoms with van der Waals surface area (Å²) in [5.74, 6) is 0.670. The van der Waals surface area contributed by atoms with E-state index >= 15 is 0 Å². The molecular weight excluding hydrogens is 339 g/mol. The van der Waals surface area contributed by atoms with Gasteiger partial charge in [-0.05, 0) is 29.8 Å². The number of nitrogens with one attached hydrogen (secondary N) is 1. The molecule has 0 amide bonds. The molecule has 4 rings (SSSR count). The molecule has 0 unspecified atom stereocenters. The van der Waals surface area contributed by atoms with Crippen LogP contribution in [0.3, 0.4) is 0 Å². The molecular formula is C17H15FN6S. The molecule has 3 heterocycles. The van der Waals surface area contributed by atoms with Gasteiger partial charge in [-0.15, -0.1) is 20.4 Å². The van der Waals surface area contributed by atoms with Crippen LogP contribution in [0.5, 0.6) is 0 Å². The predicted molar refractivity (Wildman–Crippen MR) is 94.3 cm³/mol. The Bertz CT molecular complexity index is 978. The van der Waals surface area contributed by atoms with E-state index in [4.69, 9.17) is 0 Å². The fraction of sp³-hybridized carbons (Fsp3) is 0.176. The fourth-order valence-corrected chi connectivity index (χ4v) is 3.32. The Morgan fingerprint density at radius 2 is 1.88 bits per heavy atom. The minimum absolute atomic E-state index is 0.232. The highest BCUT2D eigenvalue weighted by Gasteiger charge is 2.07. The van der Waals surface area contributed by atoms with Gasteiger partial charge in [0.2, 0.25) is 5.13 Å². The van der Waals surface area contributed by atoms with Gasteiger partial charge in [0.15, 0.2) is 5.65 Å². The van der Waals surface area contributed by atoms with Crippen LogP contribution in [0, 0.1) is 5.82 Å². The van der Waals surface area contributed by atoms with Crippen molar-refractivity contribution in [2.75, 3.05) is 11.9 Å². The van der Waals surface area contributed by atoms with E-state index in [0.29, 0.717) is 13.0 Å². The van der Waals surface area contributed by atoms with Gasteiger partial charge in [0.05, 0.1) is 0 Å². The van der Waals surface area contributed by atoms with Crippen molar-refractivity contribution in [1.29, 1.82) is 0 Å². The Morgan fingerprint density at radius 3 is 2.76 bits per heavy atom. The van der Waals surface area contributed by atoms with Crippen LogP contribution in [-0.4, -0.2) is 31.3 Å². The fourth-order valence-electron chi connectivity index (χ4n) is 2.52. The molecule has 0 atom stereocenters. The summed E-state index contributed by atoms with van der Waals surface area (Å²) in [6, 6.07) is 12.3. The van der Waals surface area contributed by atoms with Gasteiger partial charge in [-0.25, -0.2) is 4.39 Å². The number of fused-ring (bicyclic) bond motifs is 1. The zero-order valence-corrected chi connectivity index (χ0v) is 14.1. The molecule has 25 heavy (non-hydrogen) atoms. The van der Waals surface area contributed by atoms with Crippen molar-refractivity contribution in [1.82, 2.24) is 24.8 Å². The SMILES string of the molecule is Fc1ccc(Cc2nnc(NCCc3nnc4ccccn34)s2)cc1. The number of halogens is 1. The number of pyridine rings is 1. The van der Waals surface area contributed by atoms with E-state index in [-0.39, 0.29) is 5.82 Å². The van der Waals surface area contributed by atoms with Crippen molar-refractivity contribution in [3.05, 3.63) is 70.9 Å². The normalized spacial score (nSPS) is 11.1. The highest BCUT2D eigenvalue weighted by molar-refractivity contribution is 7.15. The molecule has 8 heteroatoms. The van der Waals surface area contributed by atoms with E-state index in [2.05, 4.69) is 25.7 Å². The van der Waals surface area contributed by atoms with Gasteiger partial charge in [-0.1, -0.05) is 29.5 Å². The maximum atomic E-state index is 12.9. The summed E-state index contributed by atoms with van der Waals surface area (Å²) in [6.07, 6.45) is 3.34. The maximum Gasteiger partial charge on any atom is 0.205 e. The van der Waals surface area contributed by atoms with Crippen molar-refractivity contribution in [2.45, 2.75) is 12.8 Å². The Kier molecular flexibility index (Phi) is 4.34. The first kappa shape index (κ1) is 15.6. The molecule has 0 spiro atoms. The molecule has 3 aromatic heterocycles. The van der Waals surface area contributed by atoms with Crippen molar-refractivity contribution in [2.24, 2.45) is 0 Å². The van der Waals surface area contributed by atoms with E-state index in [1.165, 1.54) is 23.5 Å². The molecule has 4 aromatic rings. The molecule has 0 bridgehead atoms. The minimum Gasteiger partial charge on any atom is -0.360 e. The third-order valence-electron chi connectivity index (χ3n) is 3.74. The zero-order chi connectivity index (χ0) is 17.1. The number of hydrogen-bond donors (Lipinski definition) is 1. The van der Waals surface area contributed by atoms with Crippen LogP contribution < -0.4 is 5.32 Å². The smallest absolute Gasteiger partial charge is 0.205 e. The van der Waals surface area contributed by atoms with Gasteiger partial charge >= 0.3 is 0 Å². The van der Waals surface area contributed by atoms with Crippen molar-refractivity contribution in [3.63, 3.8) is 0 Å². The molecule has 0 fully saturated rings. The van der Waals surface area contributed by atoms with Gasteiger partial charge in [-0.2, -0.15) is 0 Å². The highest BCUT2D eigenvalue weighted by atomic mass is 32.1. The quantitative estimate of drug-likeness (QED) is 0.577. The van der Waals surface area contributed by atoms with Crippen LogP contribution in [0.1, 0.15) is 16.4 Å². The lowest BCUT2D eigenvalue weighted by Crippen LogP contribution is -2.07. The maximum absolute atomic E-state index is 12.9. The summed E-state index contributed by atoms with van der Waals surface area (Å²) in [6.45, 7) is 0.695. The summed E-state index contributed by atoms with van der Waals surface area (Å²) in [7, 11) is 0. The predicted octanol–water partition coefficient (Wildman–Crippen LogP) is 2.97. The second-order valence-corrected chi connectivity index (χ2v) is 6.59. The standard InChI is InChI=1S/C17H15FN6S/c18-13-6-4-12(5-7-13)11-16-22-23-17(25-16)19-9-8-15-21-20-14-3-1-2-10-24(14)15/h1-7,10H,8-9,11H2,(H,19,23). The van der Waals surface area contributed by atoms with Crippen LogP contribution in [0.4, 0.5) is 9.52 Å². The van der Waals surface area contributed by atoms with E-state index in [1.54, 1.807) is 12.1 Å². The lowest BCUT2D eigenvalue weighted by atomic mass is 10.2. The summed E-state index contributed by atoms with van der Waals surface area (Å²) in [5, 5.41) is 21.6. The van der Waals surface area contributed by atoms with Gasteiger partial charge in [0.25, 0.3) is 0 Å². The van der Waals surface area contributed by atoms with E-state index in [0.717, 1.165) is 33.6 Å². The van der Waals surface area contributed by atoms with Crippen LogP contribution in [0.2, 0.25) is 0 Å². The Morgan fingerprint density at radius 1 is 1.00 bits per heavy atom. The molecule has 0 saturated heterocycles. The number of aromatic nitrogens is 5. The largest absolute Gasteiger partial charge is 0.360 e. The van der Waals surface area contributed by atoms with E-state index in [9.17, 15) is 4.39 Å². The van der Waals surface area contributed by atoms with Crippen molar-refractivity contribution < 1.29 is 4.39 Å². The van der Waals surface area contributed by atoms with Gasteiger partial charge in [0, 0.05) is 25.6 Å². The van der Waals surface area contributed by atoms with Gasteiger partial charge in [0.1, 0.15) is 16.6 Å². The molecule has 0 saturated carbocycles. The Labute approximate surface area is 147 Å². The lowest BCUT2D eigenvalue weighted by molar-refractivity contribution is 0.627. The Balaban J connectivity index is 1.34. The zero-order valence-electron chi connectivity index (χ0n) is 13.3. The van der Waals surface area contributed by atoms with Crippen LogP contribution in [0.25, 0.3) is 5.65 Å². The first-order valence-corrected chi connectivity index (χ1v) is 8.69. The van der Waals surface area contributed by atoms with Crippen molar-refractivity contribution >= 4 is 22.1 Å². The number of hydrogen-bond acceptors (Lipinski definition) is 6. The molecule has 126 valence electrons. The molecule has 1 N–H and O–H groups in total. The molecule has 0 aliphatic carbocycles. The molecule has 6 nitrogen and oxygen atoms in total. The van der Waals surface area contributed by atoms with E-state index < -0.39 is 0 Å². The Hall–Kier alpha value is -2.87. The first-order valence-electron chi connectivity index (χ1n) is 7.87. The van der Waals surface area contributed by atoms with Gasteiger partial charge in [-0.3, -0.25) is 4.40 Å². The molecule has 1 aromatic carbocycles. The lowest BCUT2D eigenvalue weighted by Gasteiger charge is -2.01. The molecule has 0 aliphatic heterocycles. The summed E-state index contributed by atoms with van der Waals surface area (Å²) < 4.78 is 14.9. The monoisotopic (exact) mass is 354 g/mol. The third kappa shape index (κ3) is 3.63. The van der Waals surface area contributed by atoms with Gasteiger partial charge < -0.3 is 5.32 Å². The van der Waals surface area contributed by atoms with Crippen LogP contribution in [0.15, 0.2) is 48.7 Å². The average Bonchev–Trinajstić information content (AvgIpc) is 3.24. The van der Waals surface area contributed by atoms with Crippen LogP contribution >= 0.6 is 11.3 Å². The second-order valence-electron chi connectivity index (χ2n) is 5.53. The average molecular weight is 354 g/mol. The molecule has 0 radical (unpaired) electrons. The number of rotatable bonds is 6. The minimum atomic E-state index is -0.232. The summed E-state index contributed by atoms with van der Waals surface area (Å²) >= 11 is 1.50. The third-order valence-corrected chi connectivity index (χ3v) is 4.63. The number of benzene rings is 1. The van der Waals surface area contributed by atoms with E-state index in [1.807, 2.05) is 28.8 Å². The number of anilines is 1. The first-order chi connectivity index (χ1) is 12.3. The summed E-state index contributed by atoms with van der Waals surface area (Å²) in [4.78, 5) is 0.